The second kappa shape index (κ2) is 9.66. The summed E-state index contributed by atoms with van der Waals surface area (Å²) in [5, 5.41) is 7.52. The number of aromatic nitrogens is 3. The van der Waals surface area contributed by atoms with E-state index in [1.54, 1.807) is 6.20 Å². The van der Waals surface area contributed by atoms with Gasteiger partial charge in [0.2, 0.25) is 0 Å². The van der Waals surface area contributed by atoms with Gasteiger partial charge in [-0.25, -0.2) is 0 Å². The van der Waals surface area contributed by atoms with E-state index in [1.165, 1.54) is 25.7 Å². The standard InChI is InChI=1S/C21H32N6O/c1-4-11-21(3)12-8-15-27(16-21)20(22-5-2)24-14-10-18-25-19(28-26-18)17-9-6-7-13-23-17/h6-7,9,13H,4-5,8,10-12,14-16H2,1-3H3,(H,22,24). The smallest absolute Gasteiger partial charge is 0.276 e. The summed E-state index contributed by atoms with van der Waals surface area (Å²) in [6, 6.07) is 5.64. The Hall–Kier alpha value is -2.44. The molecule has 1 fully saturated rings. The Morgan fingerprint density at radius 1 is 1.36 bits per heavy atom. The predicted octanol–water partition coefficient (Wildman–Crippen LogP) is 3.54. The van der Waals surface area contributed by atoms with Crippen molar-refractivity contribution in [3.63, 3.8) is 0 Å². The van der Waals surface area contributed by atoms with Crippen LogP contribution < -0.4 is 5.32 Å². The maximum absolute atomic E-state index is 5.33. The number of piperidine rings is 1. The van der Waals surface area contributed by atoms with Gasteiger partial charge in [0.1, 0.15) is 5.69 Å². The highest BCUT2D eigenvalue weighted by atomic mass is 16.5. The van der Waals surface area contributed by atoms with Crippen molar-refractivity contribution in [1.29, 1.82) is 0 Å². The first-order valence-electron chi connectivity index (χ1n) is 10.4. The number of pyridine rings is 1. The molecule has 1 N–H and O–H groups in total. The maximum atomic E-state index is 5.33. The maximum Gasteiger partial charge on any atom is 0.276 e. The van der Waals surface area contributed by atoms with Gasteiger partial charge in [-0.05, 0) is 43.7 Å². The zero-order valence-corrected chi connectivity index (χ0v) is 17.3. The first-order chi connectivity index (χ1) is 13.6. The van der Waals surface area contributed by atoms with Gasteiger partial charge in [-0.3, -0.25) is 9.98 Å². The number of rotatable bonds is 7. The van der Waals surface area contributed by atoms with Gasteiger partial charge in [-0.15, -0.1) is 0 Å². The van der Waals surface area contributed by atoms with E-state index in [4.69, 9.17) is 9.52 Å². The number of hydrogen-bond donors (Lipinski definition) is 1. The van der Waals surface area contributed by atoms with Crippen LogP contribution >= 0.6 is 0 Å². The van der Waals surface area contributed by atoms with E-state index in [2.05, 4.69) is 46.1 Å². The quantitative estimate of drug-likeness (QED) is 0.581. The highest BCUT2D eigenvalue weighted by Gasteiger charge is 2.31. The molecule has 1 aliphatic rings. The SMILES string of the molecule is CCCC1(C)CCCN(C(=NCCc2noc(-c3ccccn3)n2)NCC)C1. The van der Waals surface area contributed by atoms with E-state index < -0.39 is 0 Å². The summed E-state index contributed by atoms with van der Waals surface area (Å²) in [6.07, 6.45) is 7.38. The highest BCUT2D eigenvalue weighted by Crippen LogP contribution is 2.33. The third-order valence-corrected chi connectivity index (χ3v) is 5.22. The topological polar surface area (TPSA) is 79.4 Å². The van der Waals surface area contributed by atoms with Crippen LogP contribution in [0.5, 0.6) is 0 Å². The zero-order chi connectivity index (χ0) is 19.8. The summed E-state index contributed by atoms with van der Waals surface area (Å²) in [5.41, 5.74) is 1.08. The number of hydrogen-bond acceptors (Lipinski definition) is 5. The molecule has 0 amide bonds. The minimum Gasteiger partial charge on any atom is -0.357 e. The van der Waals surface area contributed by atoms with Crippen molar-refractivity contribution >= 4 is 5.96 Å². The summed E-state index contributed by atoms with van der Waals surface area (Å²) in [4.78, 5) is 15.9. The van der Waals surface area contributed by atoms with Gasteiger partial charge in [0, 0.05) is 38.8 Å². The molecule has 3 rings (SSSR count). The average Bonchev–Trinajstić information content (AvgIpc) is 3.17. The van der Waals surface area contributed by atoms with Crippen LogP contribution in [0.4, 0.5) is 0 Å². The first-order valence-corrected chi connectivity index (χ1v) is 10.4. The predicted molar refractivity (Wildman–Crippen MR) is 111 cm³/mol. The van der Waals surface area contributed by atoms with Gasteiger partial charge in [0.25, 0.3) is 5.89 Å². The number of likely N-dealkylation sites (tertiary alicyclic amines) is 1. The van der Waals surface area contributed by atoms with Crippen molar-refractivity contribution in [3.05, 3.63) is 30.2 Å². The lowest BCUT2D eigenvalue weighted by molar-refractivity contribution is 0.142. The Kier molecular flexibility index (Phi) is 7.01. The van der Waals surface area contributed by atoms with Crippen molar-refractivity contribution in [2.45, 2.75) is 52.9 Å². The summed E-state index contributed by atoms with van der Waals surface area (Å²) in [6.45, 7) is 10.4. The second-order valence-corrected chi connectivity index (χ2v) is 7.80. The molecule has 0 saturated carbocycles. The molecule has 1 saturated heterocycles. The van der Waals surface area contributed by atoms with Gasteiger partial charge < -0.3 is 14.7 Å². The number of guanidine groups is 1. The van der Waals surface area contributed by atoms with E-state index in [-0.39, 0.29) is 0 Å². The fourth-order valence-corrected chi connectivity index (χ4v) is 3.94. The summed E-state index contributed by atoms with van der Waals surface area (Å²) in [7, 11) is 0. The number of nitrogens with one attached hydrogen (secondary N) is 1. The average molecular weight is 385 g/mol. The van der Waals surface area contributed by atoms with E-state index >= 15 is 0 Å². The van der Waals surface area contributed by atoms with E-state index in [9.17, 15) is 0 Å². The Labute approximate surface area is 167 Å². The number of nitrogens with zero attached hydrogens (tertiary/aromatic N) is 5. The van der Waals surface area contributed by atoms with Crippen LogP contribution in [-0.2, 0) is 6.42 Å². The van der Waals surface area contributed by atoms with Crippen molar-refractivity contribution in [3.8, 4) is 11.6 Å². The van der Waals surface area contributed by atoms with Gasteiger partial charge in [0.15, 0.2) is 11.8 Å². The molecule has 0 bridgehead atoms. The van der Waals surface area contributed by atoms with Gasteiger partial charge in [-0.2, -0.15) is 4.98 Å². The van der Waals surface area contributed by atoms with Crippen molar-refractivity contribution in [2.24, 2.45) is 10.4 Å². The van der Waals surface area contributed by atoms with Crippen LogP contribution in [-0.4, -0.2) is 52.2 Å². The Morgan fingerprint density at radius 2 is 2.25 bits per heavy atom. The van der Waals surface area contributed by atoms with Gasteiger partial charge in [0.05, 0.1) is 0 Å². The molecule has 1 unspecified atom stereocenters. The molecule has 3 heterocycles. The second-order valence-electron chi connectivity index (χ2n) is 7.80. The molecule has 7 nitrogen and oxygen atoms in total. The molecule has 2 aromatic rings. The van der Waals surface area contributed by atoms with Gasteiger partial charge >= 0.3 is 0 Å². The molecule has 0 radical (unpaired) electrons. The van der Waals surface area contributed by atoms with Crippen LogP contribution in [0, 0.1) is 5.41 Å². The van der Waals surface area contributed by atoms with Gasteiger partial charge in [-0.1, -0.05) is 31.5 Å². The Balaban J connectivity index is 1.61. The molecule has 0 spiro atoms. The molecule has 2 aromatic heterocycles. The molecule has 1 atom stereocenters. The molecule has 7 heteroatoms. The zero-order valence-electron chi connectivity index (χ0n) is 17.3. The van der Waals surface area contributed by atoms with Crippen LogP contribution in [0.2, 0.25) is 0 Å². The van der Waals surface area contributed by atoms with E-state index in [0.717, 1.165) is 25.6 Å². The Bertz CT molecular complexity index is 755. The van der Waals surface area contributed by atoms with Crippen molar-refractivity contribution in [1.82, 2.24) is 25.3 Å². The lowest BCUT2D eigenvalue weighted by Gasteiger charge is -2.42. The fraction of sp³-hybridized carbons (Fsp3) is 0.619. The van der Waals surface area contributed by atoms with Crippen LogP contribution in [0.15, 0.2) is 33.9 Å². The minimum atomic E-state index is 0.383. The summed E-state index contributed by atoms with van der Waals surface area (Å²) < 4.78 is 5.33. The first kappa shape index (κ1) is 20.3. The fourth-order valence-electron chi connectivity index (χ4n) is 3.94. The van der Waals surface area contributed by atoms with Crippen LogP contribution in [0.25, 0.3) is 11.6 Å². The number of aliphatic imine (C=N–C) groups is 1. The summed E-state index contributed by atoms with van der Waals surface area (Å²) >= 11 is 0. The molecular formula is C21H32N6O. The lowest BCUT2D eigenvalue weighted by atomic mass is 9.78. The van der Waals surface area contributed by atoms with Crippen LogP contribution in [0.3, 0.4) is 0 Å². The summed E-state index contributed by atoms with van der Waals surface area (Å²) in [5.74, 6) is 2.12. The third-order valence-electron chi connectivity index (χ3n) is 5.22. The normalized spacial score (nSPS) is 20.4. The Morgan fingerprint density at radius 3 is 3.00 bits per heavy atom. The van der Waals surface area contributed by atoms with Crippen molar-refractivity contribution < 1.29 is 4.52 Å². The monoisotopic (exact) mass is 384 g/mol. The highest BCUT2D eigenvalue weighted by molar-refractivity contribution is 5.80. The molecule has 28 heavy (non-hydrogen) atoms. The molecule has 0 aromatic carbocycles. The minimum absolute atomic E-state index is 0.383. The third kappa shape index (κ3) is 5.30. The molecular weight excluding hydrogens is 352 g/mol. The molecule has 152 valence electrons. The van der Waals surface area contributed by atoms with Crippen molar-refractivity contribution in [2.75, 3.05) is 26.2 Å². The largest absolute Gasteiger partial charge is 0.357 e. The molecule has 1 aliphatic heterocycles. The van der Waals surface area contributed by atoms with E-state index in [1.807, 2.05) is 18.2 Å². The lowest BCUT2D eigenvalue weighted by Crippen LogP contribution is -2.49. The van der Waals surface area contributed by atoms with E-state index in [0.29, 0.717) is 35.8 Å². The molecule has 0 aliphatic carbocycles. The van der Waals surface area contributed by atoms with Crippen LogP contribution in [0.1, 0.15) is 52.3 Å².